The number of rotatable bonds is 3. The van der Waals surface area contributed by atoms with Gasteiger partial charge >= 0.3 is 0 Å². The van der Waals surface area contributed by atoms with Crippen LogP contribution >= 0.6 is 0 Å². The predicted molar refractivity (Wildman–Crippen MR) is 79.0 cm³/mol. The Morgan fingerprint density at radius 2 is 2.45 bits per heavy atom. The van der Waals surface area contributed by atoms with Crippen molar-refractivity contribution in [3.63, 3.8) is 0 Å². The van der Waals surface area contributed by atoms with Gasteiger partial charge in [-0.3, -0.25) is 9.78 Å². The van der Waals surface area contributed by atoms with Crippen LogP contribution in [0.3, 0.4) is 0 Å². The largest absolute Gasteiger partial charge is 0.370 e. The standard InChI is InChI=1S/C15H22N4O/c1-2-16-15(20)13-8-12(5-7-18-13)19-9-11-4-3-6-17-14(11)10-19/h5,7-8,11,14,17H,2-4,6,9-10H2,1H3,(H,16,20)/t11-,14+/m0/s1. The molecule has 2 N–H and O–H groups in total. The fourth-order valence-electron chi connectivity index (χ4n) is 3.25. The fourth-order valence-corrected chi connectivity index (χ4v) is 3.25. The van der Waals surface area contributed by atoms with Gasteiger partial charge in [0.2, 0.25) is 0 Å². The molecule has 2 fully saturated rings. The number of carbonyl (C=O) groups is 1. The summed E-state index contributed by atoms with van der Waals surface area (Å²) < 4.78 is 0. The van der Waals surface area contributed by atoms with Crippen LogP contribution in [0.4, 0.5) is 5.69 Å². The highest BCUT2D eigenvalue weighted by molar-refractivity contribution is 5.93. The molecule has 2 saturated heterocycles. The average Bonchev–Trinajstić information content (AvgIpc) is 2.91. The van der Waals surface area contributed by atoms with Crippen molar-refractivity contribution in [2.75, 3.05) is 31.1 Å². The van der Waals surface area contributed by atoms with Gasteiger partial charge in [0.1, 0.15) is 5.69 Å². The molecule has 0 bridgehead atoms. The molecule has 1 amide bonds. The third kappa shape index (κ3) is 2.63. The van der Waals surface area contributed by atoms with E-state index in [-0.39, 0.29) is 5.91 Å². The van der Waals surface area contributed by atoms with Crippen molar-refractivity contribution in [3.05, 3.63) is 24.0 Å². The smallest absolute Gasteiger partial charge is 0.269 e. The van der Waals surface area contributed by atoms with Gasteiger partial charge in [0.25, 0.3) is 5.91 Å². The number of hydrogen-bond donors (Lipinski definition) is 2. The van der Waals surface area contributed by atoms with Crippen LogP contribution in [0.25, 0.3) is 0 Å². The van der Waals surface area contributed by atoms with E-state index < -0.39 is 0 Å². The van der Waals surface area contributed by atoms with Crippen LogP contribution in [-0.2, 0) is 0 Å². The van der Waals surface area contributed by atoms with E-state index in [1.54, 1.807) is 6.20 Å². The highest BCUT2D eigenvalue weighted by Crippen LogP contribution is 2.29. The summed E-state index contributed by atoms with van der Waals surface area (Å²) >= 11 is 0. The third-order valence-electron chi connectivity index (χ3n) is 4.28. The zero-order valence-electron chi connectivity index (χ0n) is 11.9. The van der Waals surface area contributed by atoms with Crippen molar-refractivity contribution in [3.8, 4) is 0 Å². The maximum absolute atomic E-state index is 11.9. The molecule has 0 unspecified atom stereocenters. The van der Waals surface area contributed by atoms with Crippen LogP contribution in [0.1, 0.15) is 30.3 Å². The Morgan fingerprint density at radius 3 is 3.25 bits per heavy atom. The zero-order valence-corrected chi connectivity index (χ0v) is 11.9. The molecule has 0 saturated carbocycles. The number of amides is 1. The molecule has 20 heavy (non-hydrogen) atoms. The summed E-state index contributed by atoms with van der Waals surface area (Å²) in [4.78, 5) is 18.4. The minimum absolute atomic E-state index is 0.0934. The fraction of sp³-hybridized carbons (Fsp3) is 0.600. The molecule has 0 aromatic carbocycles. The average molecular weight is 274 g/mol. The van der Waals surface area contributed by atoms with Crippen molar-refractivity contribution < 1.29 is 4.79 Å². The molecular weight excluding hydrogens is 252 g/mol. The van der Waals surface area contributed by atoms with Crippen molar-refractivity contribution in [1.82, 2.24) is 15.6 Å². The Labute approximate surface area is 119 Å². The number of piperidine rings is 1. The molecule has 5 heteroatoms. The van der Waals surface area contributed by atoms with Gasteiger partial charge in [-0.25, -0.2) is 0 Å². The highest BCUT2D eigenvalue weighted by atomic mass is 16.1. The topological polar surface area (TPSA) is 57.3 Å². The molecule has 1 aromatic heterocycles. The van der Waals surface area contributed by atoms with Crippen LogP contribution in [0.15, 0.2) is 18.3 Å². The van der Waals surface area contributed by atoms with E-state index in [9.17, 15) is 4.79 Å². The first-order valence-corrected chi connectivity index (χ1v) is 7.50. The molecule has 2 aliphatic heterocycles. The summed E-state index contributed by atoms with van der Waals surface area (Å²) in [5.74, 6) is 0.647. The second-order valence-corrected chi connectivity index (χ2v) is 5.63. The number of nitrogens with one attached hydrogen (secondary N) is 2. The lowest BCUT2D eigenvalue weighted by atomic mass is 9.94. The number of pyridine rings is 1. The van der Waals surface area contributed by atoms with Crippen LogP contribution in [0.5, 0.6) is 0 Å². The van der Waals surface area contributed by atoms with Gasteiger partial charge in [-0.1, -0.05) is 0 Å². The summed E-state index contributed by atoms with van der Waals surface area (Å²) in [6, 6.07) is 4.51. The maximum atomic E-state index is 11.9. The molecular formula is C15H22N4O. The summed E-state index contributed by atoms with van der Waals surface area (Å²) in [5, 5.41) is 6.40. The molecule has 5 nitrogen and oxygen atoms in total. The first-order chi connectivity index (χ1) is 9.78. The lowest BCUT2D eigenvalue weighted by Gasteiger charge is -2.24. The lowest BCUT2D eigenvalue weighted by Crippen LogP contribution is -2.40. The lowest BCUT2D eigenvalue weighted by molar-refractivity contribution is 0.0951. The van der Waals surface area contributed by atoms with Gasteiger partial charge < -0.3 is 15.5 Å². The van der Waals surface area contributed by atoms with Crippen molar-refractivity contribution in [2.45, 2.75) is 25.8 Å². The van der Waals surface area contributed by atoms with Gasteiger partial charge in [-0.05, 0) is 44.4 Å². The van der Waals surface area contributed by atoms with Gasteiger partial charge in [0.05, 0.1) is 0 Å². The molecule has 108 valence electrons. The molecule has 0 spiro atoms. The molecule has 2 atom stereocenters. The van der Waals surface area contributed by atoms with Crippen LogP contribution < -0.4 is 15.5 Å². The maximum Gasteiger partial charge on any atom is 0.269 e. The van der Waals surface area contributed by atoms with Crippen molar-refractivity contribution in [1.29, 1.82) is 0 Å². The predicted octanol–water partition coefficient (Wildman–Crippen LogP) is 1.02. The van der Waals surface area contributed by atoms with E-state index in [2.05, 4.69) is 20.5 Å². The second-order valence-electron chi connectivity index (χ2n) is 5.63. The second kappa shape index (κ2) is 5.79. The monoisotopic (exact) mass is 274 g/mol. The Morgan fingerprint density at radius 1 is 1.55 bits per heavy atom. The molecule has 0 radical (unpaired) electrons. The van der Waals surface area contributed by atoms with Crippen molar-refractivity contribution >= 4 is 11.6 Å². The summed E-state index contributed by atoms with van der Waals surface area (Å²) in [7, 11) is 0. The Balaban J connectivity index is 1.74. The van der Waals surface area contributed by atoms with E-state index in [1.807, 2.05) is 19.1 Å². The molecule has 1 aromatic rings. The Hall–Kier alpha value is -1.62. The summed E-state index contributed by atoms with van der Waals surface area (Å²) in [6.45, 7) is 5.79. The minimum atomic E-state index is -0.0934. The number of hydrogen-bond acceptors (Lipinski definition) is 4. The SMILES string of the molecule is CCNC(=O)c1cc(N2C[C@@H]3CCCN[C@@H]3C2)ccn1. The van der Waals surface area contributed by atoms with Gasteiger partial charge in [-0.15, -0.1) is 0 Å². The van der Waals surface area contributed by atoms with Crippen LogP contribution in [0, 0.1) is 5.92 Å². The molecule has 3 heterocycles. The van der Waals surface area contributed by atoms with E-state index in [0.717, 1.165) is 31.2 Å². The minimum Gasteiger partial charge on any atom is -0.370 e. The first kappa shape index (κ1) is 13.4. The van der Waals surface area contributed by atoms with Gasteiger partial charge in [0.15, 0.2) is 0 Å². The third-order valence-corrected chi connectivity index (χ3v) is 4.28. The zero-order chi connectivity index (χ0) is 13.9. The van der Waals surface area contributed by atoms with Crippen molar-refractivity contribution in [2.24, 2.45) is 5.92 Å². The van der Waals surface area contributed by atoms with Crippen LogP contribution in [-0.4, -0.2) is 43.1 Å². The Kier molecular flexibility index (Phi) is 3.87. The number of aromatic nitrogens is 1. The molecule has 3 rings (SSSR count). The van der Waals surface area contributed by atoms with Crippen LogP contribution in [0.2, 0.25) is 0 Å². The first-order valence-electron chi connectivity index (χ1n) is 7.50. The number of fused-ring (bicyclic) bond motifs is 1. The number of nitrogens with zero attached hydrogens (tertiary/aromatic N) is 2. The normalized spacial score (nSPS) is 25.4. The Bertz CT molecular complexity index is 477. The number of carbonyl (C=O) groups excluding carboxylic acids is 1. The summed E-state index contributed by atoms with van der Waals surface area (Å²) in [6.07, 6.45) is 4.31. The molecule has 0 aliphatic carbocycles. The van der Waals surface area contributed by atoms with E-state index >= 15 is 0 Å². The number of anilines is 1. The van der Waals surface area contributed by atoms with Gasteiger partial charge in [0, 0.05) is 37.6 Å². The quantitative estimate of drug-likeness (QED) is 0.864. The highest BCUT2D eigenvalue weighted by Gasteiger charge is 2.34. The van der Waals surface area contributed by atoms with E-state index in [1.165, 1.54) is 12.8 Å². The van der Waals surface area contributed by atoms with E-state index in [0.29, 0.717) is 18.3 Å². The summed E-state index contributed by atoms with van der Waals surface area (Å²) in [5.41, 5.74) is 1.62. The van der Waals surface area contributed by atoms with E-state index in [4.69, 9.17) is 0 Å². The molecule has 2 aliphatic rings. The van der Waals surface area contributed by atoms with Gasteiger partial charge in [-0.2, -0.15) is 0 Å².